The zero-order chi connectivity index (χ0) is 19.8. The highest BCUT2D eigenvalue weighted by molar-refractivity contribution is 5.83. The first kappa shape index (κ1) is 19.7. The average molecular weight is 386 g/mol. The van der Waals surface area contributed by atoms with Crippen molar-refractivity contribution in [2.45, 2.75) is 51.2 Å². The summed E-state index contributed by atoms with van der Waals surface area (Å²) in [7, 11) is 0. The number of carbonyl (C=O) groups excluding carboxylic acids is 2. The Labute approximate surface area is 164 Å². The third-order valence-corrected chi connectivity index (χ3v) is 4.67. The van der Waals surface area contributed by atoms with Crippen LogP contribution in [0.1, 0.15) is 49.8 Å². The van der Waals surface area contributed by atoms with Gasteiger partial charge in [0.2, 0.25) is 0 Å². The van der Waals surface area contributed by atoms with E-state index in [0.29, 0.717) is 12.4 Å². The molecule has 1 aromatic carbocycles. The highest BCUT2D eigenvalue weighted by atomic mass is 16.6. The number of aromatic nitrogens is 2. The Bertz CT molecular complexity index is 778. The van der Waals surface area contributed by atoms with Crippen LogP contribution in [0, 0.1) is 0 Å². The van der Waals surface area contributed by atoms with Gasteiger partial charge in [0.05, 0.1) is 6.61 Å². The van der Waals surface area contributed by atoms with Crippen LogP contribution in [0.25, 0.3) is 0 Å². The highest BCUT2D eigenvalue weighted by Gasteiger charge is 2.28. The van der Waals surface area contributed by atoms with E-state index in [0.717, 1.165) is 36.9 Å². The van der Waals surface area contributed by atoms with E-state index in [9.17, 15) is 9.59 Å². The van der Waals surface area contributed by atoms with Gasteiger partial charge in [-0.05, 0) is 31.2 Å². The lowest BCUT2D eigenvalue weighted by atomic mass is 10.0. The van der Waals surface area contributed by atoms with E-state index < -0.39 is 6.09 Å². The second-order valence-electron chi connectivity index (χ2n) is 6.88. The van der Waals surface area contributed by atoms with Crippen molar-refractivity contribution in [3.05, 3.63) is 47.7 Å². The molecule has 2 aromatic rings. The average Bonchev–Trinajstić information content (AvgIpc) is 3.35. The highest BCUT2D eigenvalue weighted by Crippen LogP contribution is 2.34. The van der Waals surface area contributed by atoms with E-state index in [4.69, 9.17) is 9.47 Å². The molecule has 1 saturated carbocycles. The molecule has 1 aliphatic carbocycles. The largest absolute Gasteiger partial charge is 0.450 e. The van der Waals surface area contributed by atoms with Crippen LogP contribution in [0.2, 0.25) is 0 Å². The number of anilines is 1. The van der Waals surface area contributed by atoms with Gasteiger partial charge >= 0.3 is 12.2 Å². The van der Waals surface area contributed by atoms with Crippen molar-refractivity contribution < 1.29 is 19.1 Å². The van der Waals surface area contributed by atoms with Crippen LogP contribution in [0.15, 0.2) is 36.4 Å². The number of ether oxygens (including phenoxy) is 2. The molecule has 28 heavy (non-hydrogen) atoms. The topological polar surface area (TPSA) is 105 Å². The number of aromatic amines is 1. The Hall–Kier alpha value is -3.03. The van der Waals surface area contributed by atoms with Crippen molar-refractivity contribution in [2.75, 3.05) is 11.9 Å². The second kappa shape index (κ2) is 9.77. The normalized spacial score (nSPS) is 18.5. The SMILES string of the molecule is CCCOC(=O)NC1CCC(c2cc(NC(=O)OCc3ccccc3)n[nH]2)C1. The second-order valence-corrected chi connectivity index (χ2v) is 6.88. The van der Waals surface area contributed by atoms with Gasteiger partial charge in [-0.2, -0.15) is 5.10 Å². The summed E-state index contributed by atoms with van der Waals surface area (Å²) in [5, 5.41) is 12.6. The molecule has 0 radical (unpaired) electrons. The van der Waals surface area contributed by atoms with E-state index in [2.05, 4.69) is 20.8 Å². The molecule has 0 saturated heterocycles. The minimum atomic E-state index is -0.550. The fourth-order valence-electron chi connectivity index (χ4n) is 3.27. The molecule has 1 fully saturated rings. The van der Waals surface area contributed by atoms with Crippen molar-refractivity contribution in [1.29, 1.82) is 0 Å². The van der Waals surface area contributed by atoms with Gasteiger partial charge in [-0.25, -0.2) is 9.59 Å². The van der Waals surface area contributed by atoms with Gasteiger partial charge in [0.15, 0.2) is 5.82 Å². The summed E-state index contributed by atoms with van der Waals surface area (Å²) in [4.78, 5) is 23.6. The van der Waals surface area contributed by atoms with Crippen molar-refractivity contribution >= 4 is 18.0 Å². The Balaban J connectivity index is 1.44. The summed E-state index contributed by atoms with van der Waals surface area (Å²) in [5.74, 6) is 0.673. The number of hydrogen-bond donors (Lipinski definition) is 3. The van der Waals surface area contributed by atoms with E-state index >= 15 is 0 Å². The number of carbonyl (C=O) groups is 2. The van der Waals surface area contributed by atoms with Crippen LogP contribution in [0.3, 0.4) is 0 Å². The van der Waals surface area contributed by atoms with Gasteiger partial charge in [0.25, 0.3) is 0 Å². The molecular formula is C20H26N4O4. The first-order valence-electron chi connectivity index (χ1n) is 9.60. The number of benzene rings is 1. The van der Waals surface area contributed by atoms with Crippen LogP contribution in [-0.2, 0) is 16.1 Å². The summed E-state index contributed by atoms with van der Waals surface area (Å²) in [6, 6.07) is 11.4. The van der Waals surface area contributed by atoms with Crippen molar-refractivity contribution in [1.82, 2.24) is 15.5 Å². The van der Waals surface area contributed by atoms with Gasteiger partial charge < -0.3 is 14.8 Å². The van der Waals surface area contributed by atoms with E-state index in [1.165, 1.54) is 0 Å². The maximum Gasteiger partial charge on any atom is 0.413 e. The van der Waals surface area contributed by atoms with E-state index in [1.54, 1.807) is 0 Å². The summed E-state index contributed by atoms with van der Waals surface area (Å²) < 4.78 is 10.3. The van der Waals surface area contributed by atoms with E-state index in [1.807, 2.05) is 43.3 Å². The molecule has 1 aliphatic rings. The molecule has 150 valence electrons. The molecule has 1 aromatic heterocycles. The van der Waals surface area contributed by atoms with Gasteiger partial charge in [-0.15, -0.1) is 0 Å². The smallest absolute Gasteiger partial charge is 0.413 e. The number of rotatable bonds is 7. The first-order valence-corrected chi connectivity index (χ1v) is 9.60. The molecule has 1 heterocycles. The molecule has 3 rings (SSSR count). The Morgan fingerprint density at radius 3 is 2.79 bits per heavy atom. The summed E-state index contributed by atoms with van der Waals surface area (Å²) >= 11 is 0. The van der Waals surface area contributed by atoms with Crippen LogP contribution in [-0.4, -0.2) is 35.0 Å². The van der Waals surface area contributed by atoms with Crippen LogP contribution >= 0.6 is 0 Å². The summed E-state index contributed by atoms with van der Waals surface area (Å²) in [6.45, 7) is 2.59. The first-order chi connectivity index (χ1) is 13.6. The number of alkyl carbamates (subject to hydrolysis) is 1. The molecule has 8 nitrogen and oxygen atoms in total. The Morgan fingerprint density at radius 2 is 2.00 bits per heavy atom. The minimum Gasteiger partial charge on any atom is -0.450 e. The summed E-state index contributed by atoms with van der Waals surface area (Å²) in [5.41, 5.74) is 1.85. The number of hydrogen-bond acceptors (Lipinski definition) is 5. The Morgan fingerprint density at radius 1 is 1.18 bits per heavy atom. The predicted molar refractivity (Wildman–Crippen MR) is 104 cm³/mol. The zero-order valence-corrected chi connectivity index (χ0v) is 15.9. The fourth-order valence-corrected chi connectivity index (χ4v) is 3.27. The third kappa shape index (κ3) is 5.73. The molecule has 8 heteroatoms. The predicted octanol–water partition coefficient (Wildman–Crippen LogP) is 3.93. The maximum atomic E-state index is 11.9. The third-order valence-electron chi connectivity index (χ3n) is 4.67. The zero-order valence-electron chi connectivity index (χ0n) is 15.9. The quantitative estimate of drug-likeness (QED) is 0.669. The molecule has 3 N–H and O–H groups in total. The summed E-state index contributed by atoms with van der Waals surface area (Å²) in [6.07, 6.45) is 2.51. The molecule has 0 bridgehead atoms. The molecule has 0 spiro atoms. The number of nitrogens with zero attached hydrogens (tertiary/aromatic N) is 1. The van der Waals surface area contributed by atoms with Crippen LogP contribution in [0.5, 0.6) is 0 Å². The monoisotopic (exact) mass is 386 g/mol. The van der Waals surface area contributed by atoms with Crippen LogP contribution in [0.4, 0.5) is 15.4 Å². The number of nitrogens with one attached hydrogen (secondary N) is 3. The van der Waals surface area contributed by atoms with Gasteiger partial charge in [-0.1, -0.05) is 37.3 Å². The fraction of sp³-hybridized carbons (Fsp3) is 0.450. The lowest BCUT2D eigenvalue weighted by Crippen LogP contribution is -2.33. The maximum absolute atomic E-state index is 11.9. The van der Waals surface area contributed by atoms with Crippen LogP contribution < -0.4 is 10.6 Å². The van der Waals surface area contributed by atoms with Crippen molar-refractivity contribution in [3.63, 3.8) is 0 Å². The number of amides is 2. The van der Waals surface area contributed by atoms with Crippen molar-refractivity contribution in [2.24, 2.45) is 0 Å². The van der Waals surface area contributed by atoms with Gasteiger partial charge in [-0.3, -0.25) is 10.4 Å². The number of H-pyrrole nitrogens is 1. The lowest BCUT2D eigenvalue weighted by Gasteiger charge is -2.12. The molecule has 2 atom stereocenters. The lowest BCUT2D eigenvalue weighted by molar-refractivity contribution is 0.142. The Kier molecular flexibility index (Phi) is 6.89. The van der Waals surface area contributed by atoms with E-state index in [-0.39, 0.29) is 24.7 Å². The van der Waals surface area contributed by atoms with Gasteiger partial charge in [0.1, 0.15) is 6.61 Å². The van der Waals surface area contributed by atoms with Crippen molar-refractivity contribution in [3.8, 4) is 0 Å². The molecule has 2 unspecified atom stereocenters. The molecule has 2 amide bonds. The van der Waals surface area contributed by atoms with Gasteiger partial charge in [0, 0.05) is 23.7 Å². The molecular weight excluding hydrogens is 360 g/mol. The molecule has 0 aliphatic heterocycles. The standard InChI is InChI=1S/C20H26N4O4/c1-2-10-27-19(25)21-16-9-8-15(11-16)17-12-18(24-23-17)22-20(26)28-13-14-6-4-3-5-7-14/h3-7,12,15-16H,2,8-11,13H2,1H3,(H,21,25)(H2,22,23,24,26). The minimum absolute atomic E-state index is 0.0879.